The van der Waals surface area contributed by atoms with E-state index < -0.39 is 47.0 Å². The van der Waals surface area contributed by atoms with Gasteiger partial charge in [-0.25, -0.2) is 0 Å². The lowest BCUT2D eigenvalue weighted by atomic mass is 9.93. The number of carbonyl (C=O) groups excluding carboxylic acids is 5. The Labute approximate surface area is 228 Å². The van der Waals surface area contributed by atoms with Crippen LogP contribution in [0.1, 0.15) is 76.2 Å². The van der Waals surface area contributed by atoms with E-state index in [4.69, 9.17) is 0 Å². The number of hydrogen-bond donors (Lipinski definition) is 5. The number of rotatable bonds is 10. The van der Waals surface area contributed by atoms with Crippen molar-refractivity contribution in [2.75, 3.05) is 6.54 Å². The molecule has 1 aromatic carbocycles. The van der Waals surface area contributed by atoms with Crippen molar-refractivity contribution in [3.8, 4) is 0 Å². The summed E-state index contributed by atoms with van der Waals surface area (Å²) in [6.07, 6.45) is 5.02. The molecule has 2 aromatic rings. The van der Waals surface area contributed by atoms with Crippen molar-refractivity contribution in [3.63, 3.8) is 0 Å². The maximum absolute atomic E-state index is 13.6. The number of ketones is 1. The van der Waals surface area contributed by atoms with Crippen LogP contribution in [-0.2, 0) is 19.2 Å². The van der Waals surface area contributed by atoms with Crippen LogP contribution in [0.2, 0.25) is 0 Å². The first kappa shape index (κ1) is 28.3. The minimum atomic E-state index is -1.19. The summed E-state index contributed by atoms with van der Waals surface area (Å²) in [5.41, 5.74) is 0.495. The number of nitrogens with one attached hydrogen (secondary N) is 5. The van der Waals surface area contributed by atoms with Crippen LogP contribution in [0, 0.1) is 11.8 Å². The van der Waals surface area contributed by atoms with Crippen LogP contribution in [-0.4, -0.2) is 58.6 Å². The van der Waals surface area contributed by atoms with Crippen LogP contribution in [0.5, 0.6) is 0 Å². The molecule has 0 unspecified atom stereocenters. The maximum Gasteiger partial charge on any atom is 0.290 e. The zero-order chi connectivity index (χ0) is 28.2. The quantitative estimate of drug-likeness (QED) is 0.295. The zero-order valence-corrected chi connectivity index (χ0v) is 22.9. The number of fused-ring (bicyclic) bond motifs is 1. The fraction of sp³-hybridized carbons (Fsp3) is 0.552. The average molecular weight is 538 g/mol. The van der Waals surface area contributed by atoms with Gasteiger partial charge in [-0.05, 0) is 58.1 Å². The fourth-order valence-electron chi connectivity index (χ4n) is 5.46. The standard InChI is InChI=1S/C29H39N5O5/c1-29(2,3)34-28(39)24(35)21(16-19-12-13-30-25(19)36)32-26(37)22(14-17-8-4-5-9-17)33-27(38)23-15-18-10-6-7-11-20(18)31-23/h6-7,10-11,15,17,19,21-22,31H,4-5,8-9,12-14,16H2,1-3H3,(H,30,36)(H,32,37)(H,33,38)(H,34,39)/t19-,21-,22-/m0/s1. The third kappa shape index (κ3) is 7.46. The van der Waals surface area contributed by atoms with Crippen molar-refractivity contribution in [1.29, 1.82) is 0 Å². The third-order valence-corrected chi connectivity index (χ3v) is 7.47. The van der Waals surface area contributed by atoms with Gasteiger partial charge in [-0.15, -0.1) is 0 Å². The van der Waals surface area contributed by atoms with Crippen molar-refractivity contribution in [2.45, 2.75) is 83.3 Å². The molecule has 2 heterocycles. The van der Waals surface area contributed by atoms with Gasteiger partial charge in [0.1, 0.15) is 11.7 Å². The molecule has 0 radical (unpaired) electrons. The first-order valence-corrected chi connectivity index (χ1v) is 13.8. The smallest absolute Gasteiger partial charge is 0.290 e. The van der Waals surface area contributed by atoms with Crippen LogP contribution in [0.4, 0.5) is 0 Å². The highest BCUT2D eigenvalue weighted by Crippen LogP contribution is 2.29. The predicted molar refractivity (Wildman–Crippen MR) is 147 cm³/mol. The Kier molecular flexibility index (Phi) is 8.72. The molecule has 1 aliphatic carbocycles. The molecule has 0 bridgehead atoms. The summed E-state index contributed by atoms with van der Waals surface area (Å²) in [4.78, 5) is 68.1. The second-order valence-electron chi connectivity index (χ2n) is 11.8. The molecule has 2 fully saturated rings. The zero-order valence-electron chi connectivity index (χ0n) is 22.9. The first-order chi connectivity index (χ1) is 18.5. The molecule has 0 spiro atoms. The van der Waals surface area contributed by atoms with Crippen LogP contribution in [0.3, 0.4) is 0 Å². The molecule has 1 aromatic heterocycles. The molecule has 10 nitrogen and oxygen atoms in total. The van der Waals surface area contributed by atoms with Crippen LogP contribution in [0.25, 0.3) is 10.9 Å². The summed E-state index contributed by atoms with van der Waals surface area (Å²) in [6, 6.07) is 7.16. The Balaban J connectivity index is 1.53. The molecule has 39 heavy (non-hydrogen) atoms. The SMILES string of the molecule is CC(C)(C)NC(=O)C(=O)[C@H](C[C@@H]1CCNC1=O)NC(=O)[C@H](CC1CCCC1)NC(=O)c1cc2ccccc2[nH]1. The number of benzene rings is 1. The Hall–Kier alpha value is -3.69. The minimum absolute atomic E-state index is 0.0140. The topological polar surface area (TPSA) is 149 Å². The van der Waals surface area contributed by atoms with E-state index in [1.54, 1.807) is 26.8 Å². The number of aromatic nitrogens is 1. The lowest BCUT2D eigenvalue weighted by Crippen LogP contribution is -2.56. The predicted octanol–water partition coefficient (Wildman–Crippen LogP) is 2.34. The minimum Gasteiger partial charge on any atom is -0.356 e. The van der Waals surface area contributed by atoms with Gasteiger partial charge < -0.3 is 26.3 Å². The average Bonchev–Trinajstić information content (AvgIpc) is 3.63. The normalized spacial score (nSPS) is 19.4. The number of aromatic amines is 1. The molecular weight excluding hydrogens is 498 g/mol. The molecule has 210 valence electrons. The highest BCUT2D eigenvalue weighted by molar-refractivity contribution is 6.38. The van der Waals surface area contributed by atoms with Crippen molar-refractivity contribution >= 4 is 40.3 Å². The second kappa shape index (κ2) is 12.0. The van der Waals surface area contributed by atoms with Gasteiger partial charge in [0.05, 0.1) is 6.04 Å². The molecule has 1 saturated carbocycles. The van der Waals surface area contributed by atoms with Crippen LogP contribution in [0.15, 0.2) is 30.3 Å². The number of amides is 4. The first-order valence-electron chi connectivity index (χ1n) is 13.8. The molecule has 2 aliphatic rings. The number of carbonyl (C=O) groups is 5. The van der Waals surface area contributed by atoms with Crippen molar-refractivity contribution in [3.05, 3.63) is 36.0 Å². The van der Waals surface area contributed by atoms with Gasteiger partial charge in [0.2, 0.25) is 17.6 Å². The number of hydrogen-bond acceptors (Lipinski definition) is 5. The molecule has 1 aliphatic heterocycles. The Bertz CT molecular complexity index is 1210. The fourth-order valence-corrected chi connectivity index (χ4v) is 5.46. The summed E-state index contributed by atoms with van der Waals surface area (Å²) >= 11 is 0. The second-order valence-corrected chi connectivity index (χ2v) is 11.8. The maximum atomic E-state index is 13.6. The Morgan fingerprint density at radius 3 is 2.33 bits per heavy atom. The number of para-hydroxylation sites is 1. The van der Waals surface area contributed by atoms with Gasteiger partial charge in [-0.3, -0.25) is 24.0 Å². The summed E-state index contributed by atoms with van der Waals surface area (Å²) in [6.45, 7) is 5.76. The third-order valence-electron chi connectivity index (χ3n) is 7.47. The van der Waals surface area contributed by atoms with Crippen molar-refractivity contribution < 1.29 is 24.0 Å². The van der Waals surface area contributed by atoms with Gasteiger partial charge in [0.15, 0.2) is 0 Å². The van der Waals surface area contributed by atoms with Gasteiger partial charge in [0.25, 0.3) is 11.8 Å². The summed E-state index contributed by atoms with van der Waals surface area (Å²) in [5, 5.41) is 11.9. The summed E-state index contributed by atoms with van der Waals surface area (Å²) < 4.78 is 0. The summed E-state index contributed by atoms with van der Waals surface area (Å²) in [5.74, 6) is -3.01. The lowest BCUT2D eigenvalue weighted by Gasteiger charge is -2.26. The molecule has 3 atom stereocenters. The Morgan fingerprint density at radius 1 is 0.974 bits per heavy atom. The van der Waals surface area contributed by atoms with E-state index in [-0.39, 0.29) is 18.2 Å². The van der Waals surface area contributed by atoms with Gasteiger partial charge >= 0.3 is 0 Å². The molecular formula is C29H39N5O5. The molecule has 1 saturated heterocycles. The van der Waals surface area contributed by atoms with Gasteiger partial charge in [0, 0.05) is 28.9 Å². The van der Waals surface area contributed by atoms with Crippen molar-refractivity contribution in [1.82, 2.24) is 26.3 Å². The molecule has 10 heteroatoms. The van der Waals surface area contributed by atoms with Crippen LogP contribution >= 0.6 is 0 Å². The van der Waals surface area contributed by atoms with Gasteiger partial charge in [-0.1, -0.05) is 43.9 Å². The van der Waals surface area contributed by atoms with Crippen molar-refractivity contribution in [2.24, 2.45) is 11.8 Å². The van der Waals surface area contributed by atoms with E-state index in [1.807, 2.05) is 24.3 Å². The van der Waals surface area contributed by atoms with E-state index >= 15 is 0 Å². The Morgan fingerprint density at radius 2 is 1.69 bits per heavy atom. The van der Waals surface area contributed by atoms with E-state index in [9.17, 15) is 24.0 Å². The summed E-state index contributed by atoms with van der Waals surface area (Å²) in [7, 11) is 0. The highest BCUT2D eigenvalue weighted by Gasteiger charge is 2.37. The monoisotopic (exact) mass is 537 g/mol. The molecule has 5 N–H and O–H groups in total. The van der Waals surface area contributed by atoms with E-state index in [0.29, 0.717) is 25.1 Å². The van der Waals surface area contributed by atoms with E-state index in [2.05, 4.69) is 26.3 Å². The van der Waals surface area contributed by atoms with Crippen LogP contribution < -0.4 is 21.3 Å². The van der Waals surface area contributed by atoms with E-state index in [1.165, 1.54) is 0 Å². The highest BCUT2D eigenvalue weighted by atomic mass is 16.2. The largest absolute Gasteiger partial charge is 0.356 e. The lowest BCUT2D eigenvalue weighted by molar-refractivity contribution is -0.141. The number of Topliss-reactive ketones (excluding diaryl/α,β-unsaturated/α-hetero) is 1. The molecule has 4 amide bonds. The molecule has 4 rings (SSSR count). The van der Waals surface area contributed by atoms with E-state index in [0.717, 1.165) is 36.6 Å². The van der Waals surface area contributed by atoms with Gasteiger partial charge in [-0.2, -0.15) is 0 Å². The number of H-pyrrole nitrogens is 1.